The maximum Gasteiger partial charge on any atom is 0.142 e. The van der Waals surface area contributed by atoms with Crippen molar-refractivity contribution in [2.24, 2.45) is 0 Å². The number of nitrogens with one attached hydrogen (secondary N) is 1. The first kappa shape index (κ1) is 9.65. The number of hydrogen-bond acceptors (Lipinski definition) is 2. The molecule has 0 saturated carbocycles. The van der Waals surface area contributed by atoms with Crippen LogP contribution in [0.25, 0.3) is 0 Å². The van der Waals surface area contributed by atoms with E-state index < -0.39 is 0 Å². The molecule has 0 bridgehead atoms. The van der Waals surface area contributed by atoms with Crippen molar-refractivity contribution in [2.45, 2.75) is 6.92 Å². The zero-order chi connectivity index (χ0) is 9.52. The molecule has 0 amide bonds. The third kappa shape index (κ3) is 2.82. The van der Waals surface area contributed by atoms with Gasteiger partial charge in [-0.1, -0.05) is 18.2 Å². The van der Waals surface area contributed by atoms with E-state index in [2.05, 4.69) is 11.9 Å². The van der Waals surface area contributed by atoms with Crippen LogP contribution in [-0.2, 0) is 0 Å². The van der Waals surface area contributed by atoms with Crippen LogP contribution in [0.2, 0.25) is 0 Å². The van der Waals surface area contributed by atoms with E-state index in [9.17, 15) is 0 Å². The monoisotopic (exact) mass is 177 g/mol. The van der Waals surface area contributed by atoms with Gasteiger partial charge in [0, 0.05) is 6.54 Å². The molecule has 0 fully saturated rings. The van der Waals surface area contributed by atoms with Gasteiger partial charge >= 0.3 is 0 Å². The predicted molar refractivity (Wildman–Crippen MR) is 56.3 cm³/mol. The number of anilines is 1. The standard InChI is InChI=1S/C11H15NO/c1-3-9-12-10-7-5-6-8-11(10)13-4-2/h3,5-8,12H,1,4,9H2,2H3. The molecular weight excluding hydrogens is 162 g/mol. The molecular formula is C11H15NO. The highest BCUT2D eigenvalue weighted by atomic mass is 16.5. The van der Waals surface area contributed by atoms with Crippen LogP contribution in [0.15, 0.2) is 36.9 Å². The van der Waals surface area contributed by atoms with Crippen molar-refractivity contribution in [3.8, 4) is 5.75 Å². The van der Waals surface area contributed by atoms with Crippen molar-refractivity contribution in [1.82, 2.24) is 0 Å². The zero-order valence-corrected chi connectivity index (χ0v) is 7.92. The lowest BCUT2D eigenvalue weighted by Crippen LogP contribution is -2.01. The van der Waals surface area contributed by atoms with Crippen LogP contribution >= 0.6 is 0 Å². The number of para-hydroxylation sites is 2. The Balaban J connectivity index is 2.71. The molecule has 0 atom stereocenters. The lowest BCUT2D eigenvalue weighted by molar-refractivity contribution is 0.342. The fourth-order valence-corrected chi connectivity index (χ4v) is 1.08. The van der Waals surface area contributed by atoms with Gasteiger partial charge in [0.1, 0.15) is 5.75 Å². The summed E-state index contributed by atoms with van der Waals surface area (Å²) >= 11 is 0. The van der Waals surface area contributed by atoms with Crippen molar-refractivity contribution in [3.63, 3.8) is 0 Å². The minimum atomic E-state index is 0.687. The number of ether oxygens (including phenoxy) is 1. The quantitative estimate of drug-likeness (QED) is 0.698. The van der Waals surface area contributed by atoms with E-state index in [1.807, 2.05) is 37.3 Å². The zero-order valence-electron chi connectivity index (χ0n) is 7.92. The maximum atomic E-state index is 5.44. The molecule has 0 heterocycles. The highest BCUT2D eigenvalue weighted by Crippen LogP contribution is 2.23. The summed E-state index contributed by atoms with van der Waals surface area (Å²) in [7, 11) is 0. The molecule has 1 N–H and O–H groups in total. The Morgan fingerprint density at radius 3 is 2.92 bits per heavy atom. The summed E-state index contributed by atoms with van der Waals surface area (Å²) in [6.45, 7) is 7.07. The largest absolute Gasteiger partial charge is 0.492 e. The SMILES string of the molecule is C=CCNc1ccccc1OCC. The Morgan fingerprint density at radius 2 is 2.23 bits per heavy atom. The molecule has 2 nitrogen and oxygen atoms in total. The van der Waals surface area contributed by atoms with E-state index in [-0.39, 0.29) is 0 Å². The number of hydrogen-bond donors (Lipinski definition) is 1. The average molecular weight is 177 g/mol. The number of benzene rings is 1. The highest BCUT2D eigenvalue weighted by Gasteiger charge is 1.98. The first-order chi connectivity index (χ1) is 6.38. The Bertz CT molecular complexity index is 271. The van der Waals surface area contributed by atoms with Crippen LogP contribution in [0.5, 0.6) is 5.75 Å². The van der Waals surface area contributed by atoms with Crippen LogP contribution in [-0.4, -0.2) is 13.2 Å². The van der Waals surface area contributed by atoms with Gasteiger partial charge in [-0.3, -0.25) is 0 Å². The van der Waals surface area contributed by atoms with E-state index in [1.165, 1.54) is 0 Å². The van der Waals surface area contributed by atoms with Gasteiger partial charge in [0.2, 0.25) is 0 Å². The normalized spacial score (nSPS) is 9.31. The molecule has 0 radical (unpaired) electrons. The molecule has 70 valence electrons. The van der Waals surface area contributed by atoms with Crippen LogP contribution in [0.1, 0.15) is 6.92 Å². The van der Waals surface area contributed by atoms with Gasteiger partial charge in [-0.15, -0.1) is 6.58 Å². The topological polar surface area (TPSA) is 21.3 Å². The molecule has 0 aromatic heterocycles. The fourth-order valence-electron chi connectivity index (χ4n) is 1.08. The van der Waals surface area contributed by atoms with E-state index in [1.54, 1.807) is 0 Å². The van der Waals surface area contributed by atoms with Crippen molar-refractivity contribution in [1.29, 1.82) is 0 Å². The summed E-state index contributed by atoms with van der Waals surface area (Å²) < 4.78 is 5.44. The van der Waals surface area contributed by atoms with E-state index in [4.69, 9.17) is 4.74 Å². The van der Waals surface area contributed by atoms with Gasteiger partial charge < -0.3 is 10.1 Å². The Hall–Kier alpha value is -1.44. The van der Waals surface area contributed by atoms with Gasteiger partial charge in [0.25, 0.3) is 0 Å². The van der Waals surface area contributed by atoms with Crippen LogP contribution in [0.3, 0.4) is 0 Å². The van der Waals surface area contributed by atoms with Gasteiger partial charge in [-0.05, 0) is 19.1 Å². The van der Waals surface area contributed by atoms with Crippen molar-refractivity contribution in [3.05, 3.63) is 36.9 Å². The summed E-state index contributed by atoms with van der Waals surface area (Å²) in [6, 6.07) is 7.89. The van der Waals surface area contributed by atoms with E-state index in [0.29, 0.717) is 6.61 Å². The average Bonchev–Trinajstić information content (AvgIpc) is 2.17. The molecule has 13 heavy (non-hydrogen) atoms. The van der Waals surface area contributed by atoms with E-state index in [0.717, 1.165) is 18.0 Å². The molecule has 1 rings (SSSR count). The van der Waals surface area contributed by atoms with Crippen LogP contribution in [0, 0.1) is 0 Å². The molecule has 0 saturated heterocycles. The second-order valence-corrected chi connectivity index (χ2v) is 2.60. The van der Waals surface area contributed by atoms with Gasteiger partial charge in [0.15, 0.2) is 0 Å². The van der Waals surface area contributed by atoms with Crippen LogP contribution < -0.4 is 10.1 Å². The second-order valence-electron chi connectivity index (χ2n) is 2.60. The lowest BCUT2D eigenvalue weighted by Gasteiger charge is -2.10. The molecule has 0 aliphatic rings. The molecule has 0 aliphatic carbocycles. The summed E-state index contributed by atoms with van der Waals surface area (Å²) in [5.41, 5.74) is 1.02. The summed E-state index contributed by atoms with van der Waals surface area (Å²) in [6.07, 6.45) is 1.82. The molecule has 0 spiro atoms. The van der Waals surface area contributed by atoms with E-state index >= 15 is 0 Å². The fraction of sp³-hybridized carbons (Fsp3) is 0.273. The summed E-state index contributed by atoms with van der Waals surface area (Å²) in [4.78, 5) is 0. The smallest absolute Gasteiger partial charge is 0.142 e. The number of rotatable bonds is 5. The van der Waals surface area contributed by atoms with Crippen molar-refractivity contribution >= 4 is 5.69 Å². The minimum absolute atomic E-state index is 0.687. The van der Waals surface area contributed by atoms with Gasteiger partial charge in [0.05, 0.1) is 12.3 Å². The first-order valence-corrected chi connectivity index (χ1v) is 4.45. The summed E-state index contributed by atoms with van der Waals surface area (Å²) in [5.74, 6) is 0.895. The molecule has 1 aromatic rings. The first-order valence-electron chi connectivity index (χ1n) is 4.45. The third-order valence-corrected chi connectivity index (χ3v) is 1.62. The third-order valence-electron chi connectivity index (χ3n) is 1.62. The molecule has 1 aromatic carbocycles. The molecule has 0 aliphatic heterocycles. The second kappa shape index (κ2) is 5.25. The molecule has 0 unspecified atom stereocenters. The Morgan fingerprint density at radius 1 is 1.46 bits per heavy atom. The Labute approximate surface area is 79.2 Å². The van der Waals surface area contributed by atoms with Crippen molar-refractivity contribution in [2.75, 3.05) is 18.5 Å². The van der Waals surface area contributed by atoms with Gasteiger partial charge in [-0.2, -0.15) is 0 Å². The molecule has 2 heteroatoms. The Kier molecular flexibility index (Phi) is 3.89. The maximum absolute atomic E-state index is 5.44. The summed E-state index contributed by atoms with van der Waals surface area (Å²) in [5, 5.41) is 3.20. The predicted octanol–water partition coefficient (Wildman–Crippen LogP) is 2.68. The van der Waals surface area contributed by atoms with Crippen molar-refractivity contribution < 1.29 is 4.74 Å². The minimum Gasteiger partial charge on any atom is -0.492 e. The highest BCUT2D eigenvalue weighted by molar-refractivity contribution is 5.56. The lowest BCUT2D eigenvalue weighted by atomic mass is 10.3. The van der Waals surface area contributed by atoms with Crippen LogP contribution in [0.4, 0.5) is 5.69 Å². The van der Waals surface area contributed by atoms with Gasteiger partial charge in [-0.25, -0.2) is 0 Å².